The quantitative estimate of drug-likeness (QED) is 0.589. The zero-order valence-electron chi connectivity index (χ0n) is 13.3. The van der Waals surface area contributed by atoms with E-state index in [2.05, 4.69) is 10.3 Å². The van der Waals surface area contributed by atoms with Gasteiger partial charge >= 0.3 is 11.4 Å². The molecule has 25 heavy (non-hydrogen) atoms. The molecule has 0 saturated carbocycles. The first-order valence-electron chi connectivity index (χ1n) is 7.60. The minimum Gasteiger partial charge on any atom is -0.408 e. The number of hydrogen-bond acceptors (Lipinski definition) is 4. The fourth-order valence-electron chi connectivity index (χ4n) is 2.89. The lowest BCUT2D eigenvalue weighted by molar-refractivity contribution is -0.116. The van der Waals surface area contributed by atoms with E-state index < -0.39 is 5.76 Å². The number of aryl methyl sites for hydroxylation is 1. The molecule has 8 heteroatoms. The molecule has 0 aliphatic heterocycles. The highest BCUT2D eigenvalue weighted by molar-refractivity contribution is 5.93. The van der Waals surface area contributed by atoms with Gasteiger partial charge in [-0.25, -0.2) is 9.59 Å². The largest absolute Gasteiger partial charge is 0.417 e. The molecule has 2 heterocycles. The molecule has 8 nitrogen and oxygen atoms in total. The molecule has 0 saturated heterocycles. The van der Waals surface area contributed by atoms with E-state index in [0.29, 0.717) is 22.3 Å². The van der Waals surface area contributed by atoms with Crippen LogP contribution in [0.5, 0.6) is 0 Å². The molecule has 1 amide bonds. The van der Waals surface area contributed by atoms with Gasteiger partial charge < -0.3 is 9.73 Å². The van der Waals surface area contributed by atoms with Crippen molar-refractivity contribution in [1.29, 1.82) is 0 Å². The van der Waals surface area contributed by atoms with Crippen molar-refractivity contribution in [2.75, 3.05) is 5.32 Å². The van der Waals surface area contributed by atoms with Crippen molar-refractivity contribution in [2.24, 2.45) is 7.05 Å². The zero-order chi connectivity index (χ0) is 17.6. The summed E-state index contributed by atoms with van der Waals surface area (Å²) >= 11 is 0. The van der Waals surface area contributed by atoms with Gasteiger partial charge in [-0.2, -0.15) is 0 Å². The lowest BCUT2D eigenvalue weighted by atomic mass is 10.3. The predicted molar refractivity (Wildman–Crippen MR) is 92.6 cm³/mol. The third-order valence-electron chi connectivity index (χ3n) is 4.06. The Hall–Kier alpha value is -3.55. The minimum absolute atomic E-state index is 0.111. The number of hydrogen-bond donors (Lipinski definition) is 2. The average Bonchev–Trinajstić information content (AvgIpc) is 3.07. The standard InChI is InChI=1S/C17H14N4O4/c1-20-12-4-2-3-5-13(12)21(17(20)24)9-15(22)18-10-6-7-14-11(8-10)19-16(23)25-14/h2-8H,9H2,1H3,(H,18,22)(H,19,23). The van der Waals surface area contributed by atoms with Gasteiger partial charge in [-0.3, -0.25) is 18.9 Å². The van der Waals surface area contributed by atoms with E-state index in [-0.39, 0.29) is 18.1 Å². The highest BCUT2D eigenvalue weighted by atomic mass is 16.4. The first-order valence-corrected chi connectivity index (χ1v) is 7.60. The molecule has 126 valence electrons. The van der Waals surface area contributed by atoms with Crippen molar-refractivity contribution in [1.82, 2.24) is 14.1 Å². The van der Waals surface area contributed by atoms with E-state index >= 15 is 0 Å². The monoisotopic (exact) mass is 338 g/mol. The minimum atomic E-state index is -0.555. The van der Waals surface area contributed by atoms with Gasteiger partial charge in [0.25, 0.3) is 0 Å². The number of benzene rings is 2. The Morgan fingerprint density at radius 1 is 1.16 bits per heavy atom. The van der Waals surface area contributed by atoms with Crippen LogP contribution in [0.1, 0.15) is 0 Å². The molecule has 2 aromatic carbocycles. The number of nitrogens with zero attached hydrogens (tertiary/aromatic N) is 2. The van der Waals surface area contributed by atoms with Gasteiger partial charge in [0.2, 0.25) is 5.91 Å². The van der Waals surface area contributed by atoms with Crippen LogP contribution in [0.25, 0.3) is 22.1 Å². The fourth-order valence-corrected chi connectivity index (χ4v) is 2.89. The van der Waals surface area contributed by atoms with E-state index in [0.717, 1.165) is 5.52 Å². The first kappa shape index (κ1) is 15.0. The normalized spacial score (nSPS) is 11.2. The number of rotatable bonds is 3. The second-order valence-electron chi connectivity index (χ2n) is 5.69. The summed E-state index contributed by atoms with van der Waals surface area (Å²) in [5.41, 5.74) is 2.60. The molecule has 2 N–H and O–H groups in total. The van der Waals surface area contributed by atoms with Gasteiger partial charge in [-0.05, 0) is 30.3 Å². The second kappa shape index (κ2) is 5.52. The Balaban J connectivity index is 1.62. The van der Waals surface area contributed by atoms with Crippen LogP contribution in [0.15, 0.2) is 56.5 Å². The Kier molecular flexibility index (Phi) is 3.31. The first-order chi connectivity index (χ1) is 12.0. The number of oxazole rings is 1. The molecule has 0 atom stereocenters. The van der Waals surface area contributed by atoms with Crippen LogP contribution in [0.2, 0.25) is 0 Å². The van der Waals surface area contributed by atoms with Crippen molar-refractivity contribution >= 4 is 33.7 Å². The lowest BCUT2D eigenvalue weighted by Gasteiger charge is -2.06. The number of amides is 1. The topological polar surface area (TPSA) is 102 Å². The number of fused-ring (bicyclic) bond motifs is 2. The van der Waals surface area contributed by atoms with Crippen LogP contribution in [0.4, 0.5) is 5.69 Å². The van der Waals surface area contributed by atoms with E-state index in [1.165, 1.54) is 9.13 Å². The van der Waals surface area contributed by atoms with Crippen molar-refractivity contribution < 1.29 is 9.21 Å². The smallest absolute Gasteiger partial charge is 0.408 e. The van der Waals surface area contributed by atoms with Gasteiger partial charge in [0, 0.05) is 12.7 Å². The number of nitrogens with one attached hydrogen (secondary N) is 2. The molecule has 4 aromatic rings. The van der Waals surface area contributed by atoms with Crippen LogP contribution in [-0.2, 0) is 18.4 Å². The number of aromatic amines is 1. The highest BCUT2D eigenvalue weighted by Gasteiger charge is 2.13. The lowest BCUT2D eigenvalue weighted by Crippen LogP contribution is -2.28. The summed E-state index contributed by atoms with van der Waals surface area (Å²) < 4.78 is 7.84. The fraction of sp³-hybridized carbons (Fsp3) is 0.118. The highest BCUT2D eigenvalue weighted by Crippen LogP contribution is 2.16. The van der Waals surface area contributed by atoms with Crippen molar-refractivity contribution in [3.05, 3.63) is 63.5 Å². The van der Waals surface area contributed by atoms with Gasteiger partial charge in [0.1, 0.15) is 6.54 Å². The van der Waals surface area contributed by atoms with Gasteiger partial charge in [-0.1, -0.05) is 12.1 Å². The third kappa shape index (κ3) is 2.53. The molecular weight excluding hydrogens is 324 g/mol. The Morgan fingerprint density at radius 2 is 1.92 bits per heavy atom. The summed E-state index contributed by atoms with van der Waals surface area (Å²) in [6.07, 6.45) is 0. The Labute approximate surface area is 140 Å². The number of carbonyl (C=O) groups excluding carboxylic acids is 1. The van der Waals surface area contributed by atoms with E-state index in [1.807, 2.05) is 18.2 Å². The molecule has 0 fully saturated rings. The zero-order valence-corrected chi connectivity index (χ0v) is 13.3. The molecule has 0 aliphatic carbocycles. The molecule has 0 unspecified atom stereocenters. The third-order valence-corrected chi connectivity index (χ3v) is 4.06. The summed E-state index contributed by atoms with van der Waals surface area (Å²) in [7, 11) is 1.67. The van der Waals surface area contributed by atoms with Crippen LogP contribution < -0.4 is 16.8 Å². The summed E-state index contributed by atoms with van der Waals surface area (Å²) in [6.45, 7) is -0.111. The summed E-state index contributed by atoms with van der Waals surface area (Å²) in [5, 5.41) is 2.72. The number of anilines is 1. The molecular formula is C17H14N4O4. The van der Waals surface area contributed by atoms with Crippen molar-refractivity contribution in [2.45, 2.75) is 6.54 Å². The summed E-state index contributed by atoms with van der Waals surface area (Å²) in [5.74, 6) is -0.899. The van der Waals surface area contributed by atoms with Gasteiger partial charge in [0.15, 0.2) is 5.58 Å². The maximum Gasteiger partial charge on any atom is 0.417 e. The number of H-pyrrole nitrogens is 1. The van der Waals surface area contributed by atoms with Crippen LogP contribution in [-0.4, -0.2) is 20.0 Å². The maximum absolute atomic E-state index is 12.4. The number of carbonyl (C=O) groups is 1. The predicted octanol–water partition coefficient (Wildman–Crippen LogP) is 1.41. The maximum atomic E-state index is 12.4. The van der Waals surface area contributed by atoms with Crippen molar-refractivity contribution in [3.8, 4) is 0 Å². The Bertz CT molecular complexity index is 1220. The molecule has 0 radical (unpaired) electrons. The second-order valence-corrected chi connectivity index (χ2v) is 5.69. The van der Waals surface area contributed by atoms with E-state index in [9.17, 15) is 14.4 Å². The number of imidazole rings is 1. The number of para-hydroxylation sites is 2. The summed E-state index contributed by atoms with van der Waals surface area (Å²) in [4.78, 5) is 38.4. The number of aromatic nitrogens is 3. The van der Waals surface area contributed by atoms with Crippen LogP contribution >= 0.6 is 0 Å². The molecule has 0 bridgehead atoms. The van der Waals surface area contributed by atoms with Crippen molar-refractivity contribution in [3.63, 3.8) is 0 Å². The summed E-state index contributed by atoms with van der Waals surface area (Å²) in [6, 6.07) is 12.1. The Morgan fingerprint density at radius 3 is 2.72 bits per heavy atom. The van der Waals surface area contributed by atoms with E-state index in [1.54, 1.807) is 31.3 Å². The molecule has 0 aliphatic rings. The average molecular weight is 338 g/mol. The molecule has 2 aromatic heterocycles. The van der Waals surface area contributed by atoms with Crippen LogP contribution in [0, 0.1) is 0 Å². The molecule has 0 spiro atoms. The molecule has 4 rings (SSSR count). The SMILES string of the molecule is Cn1c(=O)n(CC(=O)Nc2ccc3oc(=O)[nH]c3c2)c2ccccc21. The van der Waals surface area contributed by atoms with Crippen LogP contribution in [0.3, 0.4) is 0 Å². The van der Waals surface area contributed by atoms with Gasteiger partial charge in [0.05, 0.1) is 16.6 Å². The van der Waals surface area contributed by atoms with E-state index in [4.69, 9.17) is 4.42 Å². The van der Waals surface area contributed by atoms with Gasteiger partial charge in [-0.15, -0.1) is 0 Å².